The van der Waals surface area contributed by atoms with Gasteiger partial charge in [0.1, 0.15) is 5.69 Å². The minimum Gasteiger partial charge on any atom is -0.459 e. The molecule has 4 rings (SSSR count). The van der Waals surface area contributed by atoms with Gasteiger partial charge in [0, 0.05) is 22.8 Å². The Balaban J connectivity index is 1.70. The van der Waals surface area contributed by atoms with Gasteiger partial charge in [0.25, 0.3) is 17.7 Å². The van der Waals surface area contributed by atoms with E-state index in [2.05, 4.69) is 0 Å². The van der Waals surface area contributed by atoms with E-state index < -0.39 is 46.5 Å². The number of anilines is 2. The molecule has 0 fully saturated rings. The van der Waals surface area contributed by atoms with Crippen molar-refractivity contribution < 1.29 is 32.0 Å². The van der Waals surface area contributed by atoms with Crippen LogP contribution in [0.5, 0.6) is 0 Å². The molecule has 0 unspecified atom stereocenters. The number of amides is 3. The van der Waals surface area contributed by atoms with Gasteiger partial charge in [-0.05, 0) is 38.7 Å². The molecular formula is C20H15F3N2O4. The van der Waals surface area contributed by atoms with E-state index in [1.165, 1.54) is 12.3 Å². The first-order valence-corrected chi connectivity index (χ1v) is 8.95. The van der Waals surface area contributed by atoms with E-state index in [-0.39, 0.29) is 16.9 Å². The Morgan fingerprint density at radius 1 is 1.07 bits per heavy atom. The molecule has 3 amide bonds. The number of carbonyl (C=O) groups excluding carboxylic acids is 3. The highest BCUT2D eigenvalue weighted by molar-refractivity contribution is 6.33. The summed E-state index contributed by atoms with van der Waals surface area (Å²) in [4.78, 5) is 37.7. The summed E-state index contributed by atoms with van der Waals surface area (Å²) in [5, 5.41) is 1.93. The summed E-state index contributed by atoms with van der Waals surface area (Å²) >= 11 is 0. The van der Waals surface area contributed by atoms with Crippen LogP contribution in [0.25, 0.3) is 0 Å². The predicted molar refractivity (Wildman–Crippen MR) is 95.7 cm³/mol. The number of imide groups is 1. The highest BCUT2D eigenvalue weighted by Crippen LogP contribution is 2.38. The Morgan fingerprint density at radius 3 is 2.24 bits per heavy atom. The number of aryl methyl sites for hydroxylation is 1. The topological polar surface area (TPSA) is 79.6 Å². The van der Waals surface area contributed by atoms with Gasteiger partial charge in [0.2, 0.25) is 0 Å². The molecule has 6 nitrogen and oxygen atoms in total. The molecule has 29 heavy (non-hydrogen) atoms. The summed E-state index contributed by atoms with van der Waals surface area (Å²) in [5.74, 6) is -7.36. The lowest BCUT2D eigenvalue weighted by molar-refractivity contribution is -0.120. The Bertz CT molecular complexity index is 1080. The van der Waals surface area contributed by atoms with Crippen molar-refractivity contribution in [2.24, 2.45) is 0 Å². The second-order valence-electron chi connectivity index (χ2n) is 6.88. The van der Waals surface area contributed by atoms with E-state index in [0.717, 1.165) is 0 Å². The number of furan rings is 1. The average Bonchev–Trinajstić information content (AvgIpc) is 3.24. The summed E-state index contributed by atoms with van der Waals surface area (Å²) in [6, 6.07) is 2.00. The van der Waals surface area contributed by atoms with Gasteiger partial charge in [-0.3, -0.25) is 14.4 Å². The Labute approximate surface area is 163 Å². The molecule has 2 aliphatic rings. The Kier molecular flexibility index (Phi) is 4.52. The molecule has 1 N–H and O–H groups in total. The van der Waals surface area contributed by atoms with E-state index in [1.807, 2.05) is 5.32 Å². The number of carbonyl (C=O) groups is 3. The third-order valence-corrected chi connectivity index (χ3v) is 5.08. The van der Waals surface area contributed by atoms with E-state index >= 15 is 0 Å². The van der Waals surface area contributed by atoms with Crippen LogP contribution in [0.3, 0.4) is 0 Å². The van der Waals surface area contributed by atoms with Gasteiger partial charge >= 0.3 is 0 Å². The van der Waals surface area contributed by atoms with Gasteiger partial charge in [-0.25, -0.2) is 18.1 Å². The van der Waals surface area contributed by atoms with E-state index in [9.17, 15) is 27.6 Å². The van der Waals surface area contributed by atoms with Crippen LogP contribution in [0, 0.1) is 24.4 Å². The summed E-state index contributed by atoms with van der Waals surface area (Å²) in [7, 11) is 0. The van der Waals surface area contributed by atoms with Crippen molar-refractivity contribution in [3.63, 3.8) is 0 Å². The van der Waals surface area contributed by atoms with Crippen molar-refractivity contribution in [3.8, 4) is 0 Å². The van der Waals surface area contributed by atoms with Crippen LogP contribution >= 0.6 is 0 Å². The molecule has 1 aromatic carbocycles. The number of hydrogen-bond acceptors (Lipinski definition) is 4. The van der Waals surface area contributed by atoms with Crippen LogP contribution in [-0.4, -0.2) is 17.7 Å². The maximum Gasteiger partial charge on any atom is 0.291 e. The fourth-order valence-corrected chi connectivity index (χ4v) is 3.59. The Morgan fingerprint density at radius 2 is 1.69 bits per heavy atom. The first-order chi connectivity index (χ1) is 13.8. The molecule has 1 aliphatic carbocycles. The van der Waals surface area contributed by atoms with E-state index in [1.54, 1.807) is 6.92 Å². The first-order valence-electron chi connectivity index (χ1n) is 8.95. The van der Waals surface area contributed by atoms with Crippen LogP contribution in [0.1, 0.15) is 41.8 Å². The zero-order valence-electron chi connectivity index (χ0n) is 15.3. The third-order valence-electron chi connectivity index (χ3n) is 5.08. The van der Waals surface area contributed by atoms with Gasteiger partial charge in [-0.2, -0.15) is 0 Å². The maximum atomic E-state index is 14.7. The summed E-state index contributed by atoms with van der Waals surface area (Å²) in [6.45, 7) is 1.55. The normalized spacial score (nSPS) is 16.5. The van der Waals surface area contributed by atoms with Gasteiger partial charge in [-0.1, -0.05) is 0 Å². The maximum absolute atomic E-state index is 14.7. The minimum atomic E-state index is -1.72. The second kappa shape index (κ2) is 6.91. The number of halogens is 3. The van der Waals surface area contributed by atoms with Crippen molar-refractivity contribution in [2.45, 2.75) is 32.6 Å². The van der Waals surface area contributed by atoms with Crippen molar-refractivity contribution in [1.82, 2.24) is 0 Å². The quantitative estimate of drug-likeness (QED) is 0.620. The smallest absolute Gasteiger partial charge is 0.291 e. The molecular weight excluding hydrogens is 389 g/mol. The van der Waals surface area contributed by atoms with Crippen LogP contribution in [0.4, 0.5) is 24.5 Å². The molecule has 0 saturated carbocycles. The lowest BCUT2D eigenvalue weighted by atomic mass is 9.93. The fraction of sp³-hybridized carbons (Fsp3) is 0.250. The molecule has 9 heteroatoms. The average molecular weight is 404 g/mol. The van der Waals surface area contributed by atoms with Crippen molar-refractivity contribution in [1.29, 1.82) is 0 Å². The number of rotatable bonds is 3. The van der Waals surface area contributed by atoms with Gasteiger partial charge in [-0.15, -0.1) is 0 Å². The molecule has 0 radical (unpaired) electrons. The molecule has 2 heterocycles. The van der Waals surface area contributed by atoms with Crippen molar-refractivity contribution >= 4 is 29.1 Å². The lowest BCUT2D eigenvalue weighted by Gasteiger charge is -2.18. The highest BCUT2D eigenvalue weighted by atomic mass is 19.2. The van der Waals surface area contributed by atoms with E-state index in [0.29, 0.717) is 42.2 Å². The molecule has 1 aromatic heterocycles. The van der Waals surface area contributed by atoms with Gasteiger partial charge in [0.05, 0.1) is 12.0 Å². The standard InChI is InChI=1S/C20H15F3N2O4/c1-9-6-7-29-17(9)18(26)24-16-12(21)8-13(14(22)15(16)23)25-19(27)10-4-2-3-5-11(10)20(25)28/h6-8H,2-5H2,1H3,(H,24,26). The molecule has 1 aliphatic heterocycles. The highest BCUT2D eigenvalue weighted by Gasteiger charge is 2.42. The fourth-order valence-electron chi connectivity index (χ4n) is 3.59. The van der Waals surface area contributed by atoms with E-state index in [4.69, 9.17) is 4.42 Å². The number of nitrogens with zero attached hydrogens (tertiary/aromatic N) is 1. The summed E-state index contributed by atoms with van der Waals surface area (Å²) in [5.41, 5.74) is -0.926. The molecule has 0 saturated heterocycles. The van der Waals surface area contributed by atoms with Crippen LogP contribution in [0.2, 0.25) is 0 Å². The third kappa shape index (κ3) is 2.93. The molecule has 0 bridgehead atoms. The van der Waals surface area contributed by atoms with Crippen LogP contribution in [0.15, 0.2) is 34.0 Å². The zero-order valence-corrected chi connectivity index (χ0v) is 15.3. The van der Waals surface area contributed by atoms with Gasteiger partial charge in [0.15, 0.2) is 23.2 Å². The number of benzene rings is 1. The first kappa shape index (κ1) is 19.0. The molecule has 0 spiro atoms. The Hall–Kier alpha value is -3.36. The molecule has 150 valence electrons. The number of hydrogen-bond donors (Lipinski definition) is 1. The van der Waals surface area contributed by atoms with Gasteiger partial charge < -0.3 is 9.73 Å². The zero-order chi connectivity index (χ0) is 20.9. The van der Waals surface area contributed by atoms with Crippen molar-refractivity contribution in [3.05, 3.63) is 58.3 Å². The summed E-state index contributed by atoms with van der Waals surface area (Å²) in [6.07, 6.45) is 3.35. The van der Waals surface area contributed by atoms with Crippen molar-refractivity contribution in [2.75, 3.05) is 10.2 Å². The van der Waals surface area contributed by atoms with Crippen LogP contribution < -0.4 is 10.2 Å². The molecule has 0 atom stereocenters. The predicted octanol–water partition coefficient (Wildman–Crippen LogP) is 4.00. The lowest BCUT2D eigenvalue weighted by Crippen LogP contribution is -2.33. The molecule has 2 aromatic rings. The SMILES string of the molecule is Cc1ccoc1C(=O)Nc1c(F)cc(N2C(=O)C3=C(CCCC3)C2=O)c(F)c1F. The second-order valence-corrected chi connectivity index (χ2v) is 6.88. The minimum absolute atomic E-state index is 0.185. The van der Waals surface area contributed by atoms with Crippen LogP contribution in [-0.2, 0) is 9.59 Å². The monoisotopic (exact) mass is 404 g/mol. The number of nitrogens with one attached hydrogen (secondary N) is 1. The summed E-state index contributed by atoms with van der Waals surface area (Å²) < 4.78 is 48.8. The largest absolute Gasteiger partial charge is 0.459 e.